The molecule has 5 heteroatoms. The topological polar surface area (TPSA) is 60.3 Å². The smallest absolute Gasteiger partial charge is 0.338 e. The number of ether oxygens (including phenoxy) is 1. The molecule has 0 fully saturated rings. The lowest BCUT2D eigenvalue weighted by atomic mass is 9.98. The van der Waals surface area contributed by atoms with Gasteiger partial charge < -0.3 is 14.6 Å². The lowest BCUT2D eigenvalue weighted by Gasteiger charge is -2.11. The number of anilines is 1. The molecule has 5 nitrogen and oxygen atoms in total. The van der Waals surface area contributed by atoms with Gasteiger partial charge in [-0.3, -0.25) is 4.79 Å². The van der Waals surface area contributed by atoms with Gasteiger partial charge in [-0.2, -0.15) is 0 Å². The van der Waals surface area contributed by atoms with Gasteiger partial charge in [0.05, 0.1) is 12.2 Å². The van der Waals surface area contributed by atoms with Crippen LogP contribution >= 0.6 is 0 Å². The van der Waals surface area contributed by atoms with Crippen molar-refractivity contribution in [3.05, 3.63) is 77.6 Å². The van der Waals surface area contributed by atoms with E-state index in [1.165, 1.54) is 0 Å². The highest BCUT2D eigenvalue weighted by Crippen LogP contribution is 2.27. The summed E-state index contributed by atoms with van der Waals surface area (Å²) in [6, 6.07) is 16.7. The van der Waals surface area contributed by atoms with Gasteiger partial charge in [-0.25, -0.2) is 4.79 Å². The van der Waals surface area contributed by atoms with Crippen LogP contribution in [0.1, 0.15) is 33.3 Å². The maximum atomic E-state index is 12.4. The maximum Gasteiger partial charge on any atom is 0.338 e. The number of aromatic nitrogens is 1. The molecule has 1 aromatic heterocycles. The number of esters is 1. The van der Waals surface area contributed by atoms with Crippen molar-refractivity contribution in [3.63, 3.8) is 0 Å². The van der Waals surface area contributed by atoms with Crippen LogP contribution in [-0.2, 0) is 11.8 Å². The Kier molecular flexibility index (Phi) is 5.41. The van der Waals surface area contributed by atoms with E-state index in [0.29, 0.717) is 17.9 Å². The van der Waals surface area contributed by atoms with Gasteiger partial charge in [0, 0.05) is 18.9 Å². The van der Waals surface area contributed by atoms with Gasteiger partial charge in [0.1, 0.15) is 5.69 Å². The Morgan fingerprint density at radius 1 is 1.07 bits per heavy atom. The van der Waals surface area contributed by atoms with Gasteiger partial charge in [0.25, 0.3) is 5.91 Å². The second-order valence-electron chi connectivity index (χ2n) is 6.29. The van der Waals surface area contributed by atoms with Crippen LogP contribution in [0.5, 0.6) is 0 Å². The van der Waals surface area contributed by atoms with Gasteiger partial charge in [0.15, 0.2) is 0 Å². The molecule has 0 bridgehead atoms. The largest absolute Gasteiger partial charge is 0.462 e. The van der Waals surface area contributed by atoms with E-state index < -0.39 is 0 Å². The Labute approximate surface area is 158 Å². The number of nitrogens with zero attached hydrogens (tertiary/aromatic N) is 1. The van der Waals surface area contributed by atoms with Crippen LogP contribution in [0, 0.1) is 6.92 Å². The Bertz CT molecular complexity index is 971. The number of nitrogens with one attached hydrogen (secondary N) is 1. The Hall–Kier alpha value is -3.34. The van der Waals surface area contributed by atoms with Crippen LogP contribution in [0.25, 0.3) is 11.1 Å². The van der Waals surface area contributed by atoms with Gasteiger partial charge >= 0.3 is 5.97 Å². The van der Waals surface area contributed by atoms with Gasteiger partial charge in [-0.15, -0.1) is 0 Å². The van der Waals surface area contributed by atoms with E-state index >= 15 is 0 Å². The molecule has 138 valence electrons. The van der Waals surface area contributed by atoms with Crippen molar-refractivity contribution >= 4 is 17.6 Å². The molecule has 0 unspecified atom stereocenters. The second kappa shape index (κ2) is 7.91. The van der Waals surface area contributed by atoms with Crippen molar-refractivity contribution in [3.8, 4) is 11.1 Å². The Morgan fingerprint density at radius 3 is 2.44 bits per heavy atom. The molecule has 0 aliphatic carbocycles. The average Bonchev–Trinajstić information content (AvgIpc) is 3.10. The van der Waals surface area contributed by atoms with Crippen LogP contribution in [0.2, 0.25) is 0 Å². The summed E-state index contributed by atoms with van der Waals surface area (Å²) in [6.07, 6.45) is 1.83. The summed E-state index contributed by atoms with van der Waals surface area (Å²) in [5, 5.41) is 2.93. The number of hydrogen-bond acceptors (Lipinski definition) is 3. The molecule has 0 spiro atoms. The van der Waals surface area contributed by atoms with Crippen molar-refractivity contribution in [2.45, 2.75) is 13.8 Å². The molecule has 2 aromatic carbocycles. The number of aryl methyl sites for hydroxylation is 2. The lowest BCUT2D eigenvalue weighted by molar-refractivity contribution is 0.0526. The molecular weight excluding hydrogens is 340 g/mol. The zero-order valence-electron chi connectivity index (χ0n) is 15.7. The predicted molar refractivity (Wildman–Crippen MR) is 106 cm³/mol. The molecule has 0 aliphatic rings. The van der Waals surface area contributed by atoms with E-state index in [9.17, 15) is 9.59 Å². The summed E-state index contributed by atoms with van der Waals surface area (Å²) in [4.78, 5) is 24.2. The number of benzene rings is 2. The zero-order chi connectivity index (χ0) is 19.4. The minimum atomic E-state index is -0.329. The number of hydrogen-bond donors (Lipinski definition) is 1. The van der Waals surface area contributed by atoms with Gasteiger partial charge in [0.2, 0.25) is 0 Å². The van der Waals surface area contributed by atoms with Crippen molar-refractivity contribution in [1.29, 1.82) is 0 Å². The molecule has 1 N–H and O–H groups in total. The van der Waals surface area contributed by atoms with E-state index in [-0.39, 0.29) is 11.9 Å². The summed E-state index contributed by atoms with van der Waals surface area (Å²) in [5.74, 6) is -0.487. The monoisotopic (exact) mass is 362 g/mol. The van der Waals surface area contributed by atoms with E-state index in [1.807, 2.05) is 56.6 Å². The summed E-state index contributed by atoms with van der Waals surface area (Å²) >= 11 is 0. The minimum Gasteiger partial charge on any atom is -0.462 e. The summed E-state index contributed by atoms with van der Waals surface area (Å²) in [7, 11) is 1.83. The van der Waals surface area contributed by atoms with Crippen molar-refractivity contribution in [1.82, 2.24) is 4.57 Å². The van der Waals surface area contributed by atoms with E-state index in [0.717, 1.165) is 22.4 Å². The fraction of sp³-hybridized carbons (Fsp3) is 0.182. The normalized spacial score (nSPS) is 10.5. The van der Waals surface area contributed by atoms with Crippen LogP contribution in [0.4, 0.5) is 5.69 Å². The average molecular weight is 362 g/mol. The van der Waals surface area contributed by atoms with E-state index in [1.54, 1.807) is 29.7 Å². The first-order valence-corrected chi connectivity index (χ1v) is 8.80. The van der Waals surface area contributed by atoms with Gasteiger partial charge in [-0.1, -0.05) is 18.2 Å². The fourth-order valence-corrected chi connectivity index (χ4v) is 2.90. The molecule has 0 atom stereocenters. The first-order chi connectivity index (χ1) is 13.0. The van der Waals surface area contributed by atoms with Crippen LogP contribution in [-0.4, -0.2) is 23.1 Å². The maximum absolute atomic E-state index is 12.4. The molecular formula is C22H22N2O3. The summed E-state index contributed by atoms with van der Waals surface area (Å²) in [5.41, 5.74) is 4.87. The fourth-order valence-electron chi connectivity index (χ4n) is 2.90. The zero-order valence-corrected chi connectivity index (χ0v) is 15.7. The standard InChI is InChI=1S/C22H22N2O3/c1-4-27-22(26)17-10-8-16(9-11-17)19-14-18(12-7-15(19)2)23-21(25)20-6-5-13-24(20)3/h5-14H,4H2,1-3H3,(H,23,25). The van der Waals surface area contributed by atoms with Gasteiger partial charge in [-0.05, 0) is 66.9 Å². The molecule has 0 radical (unpaired) electrons. The third-order valence-corrected chi connectivity index (χ3v) is 4.38. The SMILES string of the molecule is CCOC(=O)c1ccc(-c2cc(NC(=O)c3cccn3C)ccc2C)cc1. The van der Waals surface area contributed by atoms with Crippen LogP contribution in [0.3, 0.4) is 0 Å². The number of carbonyl (C=O) groups is 2. The quantitative estimate of drug-likeness (QED) is 0.683. The first kappa shape index (κ1) is 18.5. The highest BCUT2D eigenvalue weighted by molar-refractivity contribution is 6.03. The Balaban J connectivity index is 1.84. The van der Waals surface area contributed by atoms with Crippen LogP contribution in [0.15, 0.2) is 60.8 Å². The molecule has 0 saturated carbocycles. The molecule has 0 saturated heterocycles. The highest BCUT2D eigenvalue weighted by atomic mass is 16.5. The summed E-state index contributed by atoms with van der Waals surface area (Å²) < 4.78 is 6.79. The van der Waals surface area contributed by atoms with Crippen molar-refractivity contribution in [2.24, 2.45) is 7.05 Å². The molecule has 0 aliphatic heterocycles. The Morgan fingerprint density at radius 2 is 1.81 bits per heavy atom. The number of rotatable bonds is 5. The predicted octanol–water partition coefficient (Wildman–Crippen LogP) is 4.43. The highest BCUT2D eigenvalue weighted by Gasteiger charge is 2.11. The van der Waals surface area contributed by atoms with Crippen molar-refractivity contribution in [2.75, 3.05) is 11.9 Å². The van der Waals surface area contributed by atoms with E-state index in [2.05, 4.69) is 5.32 Å². The third-order valence-electron chi connectivity index (χ3n) is 4.38. The van der Waals surface area contributed by atoms with Crippen molar-refractivity contribution < 1.29 is 14.3 Å². The molecule has 27 heavy (non-hydrogen) atoms. The van der Waals surface area contributed by atoms with Crippen LogP contribution < -0.4 is 5.32 Å². The molecule has 3 rings (SSSR count). The third kappa shape index (κ3) is 4.08. The lowest BCUT2D eigenvalue weighted by Crippen LogP contribution is -2.15. The van der Waals surface area contributed by atoms with E-state index in [4.69, 9.17) is 4.74 Å². The molecule has 1 amide bonds. The molecule has 3 aromatic rings. The molecule has 1 heterocycles. The summed E-state index contributed by atoms with van der Waals surface area (Å²) in [6.45, 7) is 4.14. The second-order valence-corrected chi connectivity index (χ2v) is 6.29. The first-order valence-electron chi connectivity index (χ1n) is 8.80. The number of amides is 1. The minimum absolute atomic E-state index is 0.157. The number of carbonyl (C=O) groups excluding carboxylic acids is 2.